The molecular weight excluding hydrogens is 521 g/mol. The molecule has 4 rings (SSSR count). The summed E-state index contributed by atoms with van der Waals surface area (Å²) in [7, 11) is -4.01. The van der Waals surface area contributed by atoms with Crippen molar-refractivity contribution in [2.75, 3.05) is 0 Å². The molecule has 0 N–H and O–H groups in total. The Kier molecular flexibility index (Phi) is 9.02. The van der Waals surface area contributed by atoms with Crippen molar-refractivity contribution in [1.82, 2.24) is 0 Å². The molecular formula is C36H54O2Si2. The largest absolute Gasteiger partial charge is 0.543 e. The monoisotopic (exact) mass is 574 g/mol. The molecule has 0 spiro atoms. The first-order valence-electron chi connectivity index (χ1n) is 15.7. The van der Waals surface area contributed by atoms with E-state index in [4.69, 9.17) is 8.85 Å². The number of hydrogen-bond donors (Lipinski definition) is 0. The zero-order chi connectivity index (χ0) is 29.3. The second kappa shape index (κ2) is 11.7. The van der Waals surface area contributed by atoms with Gasteiger partial charge in [0.2, 0.25) is 0 Å². The summed E-state index contributed by atoms with van der Waals surface area (Å²) < 4.78 is 14.4. The van der Waals surface area contributed by atoms with Gasteiger partial charge in [0, 0.05) is 11.1 Å². The van der Waals surface area contributed by atoms with Crippen molar-refractivity contribution in [3.05, 3.63) is 81.9 Å². The number of allylic oxidation sites excluding steroid dienone is 2. The van der Waals surface area contributed by atoms with Crippen LogP contribution in [0.2, 0.25) is 36.3 Å². The summed E-state index contributed by atoms with van der Waals surface area (Å²) in [4.78, 5) is 0. The number of benzene rings is 2. The van der Waals surface area contributed by atoms with Crippen LogP contribution < -0.4 is 0 Å². The molecule has 0 amide bonds. The summed E-state index contributed by atoms with van der Waals surface area (Å²) in [6, 6.07) is 17.8. The Morgan fingerprint density at radius 2 is 0.950 bits per heavy atom. The minimum atomic E-state index is -2.00. The Balaban J connectivity index is 1.66. The Bertz CT molecular complexity index is 1180. The first-order valence-corrected chi connectivity index (χ1v) is 21.5. The fraction of sp³-hybridized carbons (Fsp3) is 0.556. The van der Waals surface area contributed by atoms with E-state index in [0.717, 1.165) is 25.7 Å². The zero-order valence-corrected chi connectivity index (χ0v) is 29.1. The highest BCUT2D eigenvalue weighted by atomic mass is 28.4. The third-order valence-corrected chi connectivity index (χ3v) is 18.9. The minimum absolute atomic E-state index is 0.218. The van der Waals surface area contributed by atoms with Crippen molar-refractivity contribution in [2.24, 2.45) is 0 Å². The van der Waals surface area contributed by atoms with E-state index < -0.39 is 16.6 Å². The normalized spacial score (nSPS) is 15.9. The smallest absolute Gasteiger partial charge is 0.250 e. The van der Waals surface area contributed by atoms with E-state index in [-0.39, 0.29) is 10.1 Å². The highest BCUT2D eigenvalue weighted by Gasteiger charge is 2.45. The molecule has 0 aromatic heterocycles. The molecule has 2 aromatic rings. The van der Waals surface area contributed by atoms with Gasteiger partial charge in [-0.25, -0.2) is 0 Å². The van der Waals surface area contributed by atoms with E-state index in [1.165, 1.54) is 70.6 Å². The molecule has 2 aliphatic carbocycles. The van der Waals surface area contributed by atoms with Crippen LogP contribution in [-0.4, -0.2) is 16.6 Å². The molecule has 0 heterocycles. The van der Waals surface area contributed by atoms with Gasteiger partial charge in [0.15, 0.2) is 0 Å². The van der Waals surface area contributed by atoms with Crippen LogP contribution in [0.15, 0.2) is 59.7 Å². The van der Waals surface area contributed by atoms with Crippen LogP contribution in [0.3, 0.4) is 0 Å². The molecule has 0 atom stereocenters. The van der Waals surface area contributed by atoms with E-state index in [9.17, 15) is 0 Å². The van der Waals surface area contributed by atoms with E-state index >= 15 is 0 Å². The Morgan fingerprint density at radius 1 is 0.600 bits per heavy atom. The van der Waals surface area contributed by atoms with Gasteiger partial charge in [0.25, 0.3) is 16.6 Å². The number of fused-ring (bicyclic) bond motifs is 2. The second-order valence-electron chi connectivity index (χ2n) is 14.5. The molecule has 0 saturated heterocycles. The Morgan fingerprint density at radius 3 is 1.30 bits per heavy atom. The number of hydrogen-bond acceptors (Lipinski definition) is 2. The molecule has 2 aromatic carbocycles. The van der Waals surface area contributed by atoms with Crippen molar-refractivity contribution >= 4 is 28.2 Å². The van der Waals surface area contributed by atoms with Gasteiger partial charge < -0.3 is 8.85 Å². The summed E-state index contributed by atoms with van der Waals surface area (Å²) in [5, 5.41) is 0.436. The van der Waals surface area contributed by atoms with Crippen LogP contribution in [0.1, 0.15) is 102 Å². The summed E-state index contributed by atoms with van der Waals surface area (Å²) in [5.74, 6) is 2.38. The standard InChI is InChI=1S/C36H54O2Si2/c1-11-23-35(3,4)39(7,8)37-33-29(25-27-17-13-15-19-31(27)33)21-22-30-26-28-18-14-16-20-32(28)34(30)38-40(9,10)36(5,6)24-12-2/h13-20H,11-12,21-26H2,1-10H3. The third-order valence-electron chi connectivity index (χ3n) is 10.4. The minimum Gasteiger partial charge on any atom is -0.543 e. The van der Waals surface area contributed by atoms with Gasteiger partial charge in [-0.3, -0.25) is 0 Å². The van der Waals surface area contributed by atoms with Gasteiger partial charge in [0.05, 0.1) is 0 Å². The van der Waals surface area contributed by atoms with Crippen molar-refractivity contribution < 1.29 is 8.85 Å². The second-order valence-corrected chi connectivity index (χ2v) is 23.7. The van der Waals surface area contributed by atoms with Gasteiger partial charge in [-0.15, -0.1) is 0 Å². The summed E-state index contributed by atoms with van der Waals surface area (Å²) >= 11 is 0. The van der Waals surface area contributed by atoms with Crippen LogP contribution >= 0.6 is 0 Å². The summed E-state index contributed by atoms with van der Waals surface area (Å²) in [6.45, 7) is 23.9. The maximum Gasteiger partial charge on any atom is 0.250 e. The third kappa shape index (κ3) is 6.09. The lowest BCUT2D eigenvalue weighted by Crippen LogP contribution is -2.42. The van der Waals surface area contributed by atoms with Crippen LogP contribution in [0, 0.1) is 0 Å². The van der Waals surface area contributed by atoms with E-state index in [2.05, 4.69) is 116 Å². The summed E-state index contributed by atoms with van der Waals surface area (Å²) in [6.07, 6.45) is 8.86. The lowest BCUT2D eigenvalue weighted by Gasteiger charge is -2.40. The first-order chi connectivity index (χ1) is 18.7. The maximum absolute atomic E-state index is 7.19. The van der Waals surface area contributed by atoms with Gasteiger partial charge in [-0.1, -0.05) is 103 Å². The SMILES string of the molecule is CCCC(C)(C)[Si](C)(C)OC1=C(CCC2=C(O[Si](C)(C)C(C)(C)CCC)c3ccccc3C2)Cc2ccccc21. The number of rotatable bonds is 13. The zero-order valence-electron chi connectivity index (χ0n) is 27.1. The average Bonchev–Trinajstić information content (AvgIpc) is 3.39. The van der Waals surface area contributed by atoms with E-state index in [1.807, 2.05) is 0 Å². The average molecular weight is 575 g/mol. The lowest BCUT2D eigenvalue weighted by atomic mass is 10.0. The van der Waals surface area contributed by atoms with Crippen molar-refractivity contribution in [3.63, 3.8) is 0 Å². The van der Waals surface area contributed by atoms with Crippen molar-refractivity contribution in [1.29, 1.82) is 0 Å². The lowest BCUT2D eigenvalue weighted by molar-refractivity contribution is 0.424. The maximum atomic E-state index is 7.19. The molecule has 40 heavy (non-hydrogen) atoms. The fourth-order valence-corrected chi connectivity index (χ4v) is 10.2. The van der Waals surface area contributed by atoms with Gasteiger partial charge in [0.1, 0.15) is 11.5 Å². The molecule has 2 nitrogen and oxygen atoms in total. The van der Waals surface area contributed by atoms with Crippen LogP contribution in [0.25, 0.3) is 11.5 Å². The Hall–Kier alpha value is -2.05. The molecule has 0 bridgehead atoms. The van der Waals surface area contributed by atoms with E-state index in [0.29, 0.717) is 0 Å². The molecule has 0 aliphatic heterocycles. The predicted octanol–water partition coefficient (Wildman–Crippen LogP) is 11.3. The summed E-state index contributed by atoms with van der Waals surface area (Å²) in [5.41, 5.74) is 8.42. The van der Waals surface area contributed by atoms with Crippen LogP contribution in [-0.2, 0) is 21.7 Å². The topological polar surface area (TPSA) is 18.5 Å². The fourth-order valence-electron chi connectivity index (χ4n) is 6.39. The molecule has 218 valence electrons. The van der Waals surface area contributed by atoms with E-state index in [1.54, 1.807) is 0 Å². The molecule has 0 radical (unpaired) electrons. The van der Waals surface area contributed by atoms with Crippen molar-refractivity contribution in [2.45, 2.75) is 129 Å². The van der Waals surface area contributed by atoms with Crippen LogP contribution in [0.5, 0.6) is 0 Å². The first kappa shape index (κ1) is 30.9. The quantitative estimate of drug-likeness (QED) is 0.221. The van der Waals surface area contributed by atoms with Gasteiger partial charge in [-0.2, -0.15) is 0 Å². The molecule has 0 fully saturated rings. The predicted molar refractivity (Wildman–Crippen MR) is 178 cm³/mol. The van der Waals surface area contributed by atoms with Gasteiger partial charge in [-0.05, 0) is 97.1 Å². The van der Waals surface area contributed by atoms with Gasteiger partial charge >= 0.3 is 0 Å². The Labute approximate surface area is 247 Å². The molecule has 2 aliphatic rings. The molecule has 4 heteroatoms. The van der Waals surface area contributed by atoms with Crippen LogP contribution in [0.4, 0.5) is 0 Å². The highest BCUT2D eigenvalue weighted by Crippen LogP contribution is 2.49. The highest BCUT2D eigenvalue weighted by molar-refractivity contribution is 6.75. The molecule has 0 unspecified atom stereocenters. The molecule has 0 saturated carbocycles. The van der Waals surface area contributed by atoms with Crippen molar-refractivity contribution in [3.8, 4) is 0 Å².